The Bertz CT molecular complexity index is 687. The highest BCUT2D eigenvalue weighted by atomic mass is 35.5. The molecular formula is C15H15Cl2N3O. The molecule has 1 N–H and O–H groups in total. The summed E-state index contributed by atoms with van der Waals surface area (Å²) in [5.74, 6) is -0.393. The van der Waals surface area contributed by atoms with Gasteiger partial charge in [-0.15, -0.1) is 0 Å². The van der Waals surface area contributed by atoms with Crippen molar-refractivity contribution < 1.29 is 4.79 Å². The Morgan fingerprint density at radius 3 is 2.57 bits per heavy atom. The van der Waals surface area contributed by atoms with Crippen molar-refractivity contribution in [1.82, 2.24) is 4.98 Å². The first kappa shape index (κ1) is 15.6. The van der Waals surface area contributed by atoms with Crippen molar-refractivity contribution in [3.8, 4) is 0 Å². The molecular weight excluding hydrogens is 309 g/mol. The Kier molecular flexibility index (Phi) is 4.70. The molecule has 0 spiro atoms. The van der Waals surface area contributed by atoms with Gasteiger partial charge in [0.05, 0.1) is 5.02 Å². The van der Waals surface area contributed by atoms with Crippen molar-refractivity contribution >= 4 is 40.5 Å². The maximum atomic E-state index is 12.2. The molecule has 0 bridgehead atoms. The van der Waals surface area contributed by atoms with E-state index in [0.717, 1.165) is 11.3 Å². The zero-order valence-corrected chi connectivity index (χ0v) is 13.5. The molecule has 110 valence electrons. The number of aromatic nitrogens is 1. The van der Waals surface area contributed by atoms with Gasteiger partial charge in [-0.25, -0.2) is 4.98 Å². The van der Waals surface area contributed by atoms with E-state index in [1.54, 1.807) is 6.07 Å². The number of nitrogens with zero attached hydrogens (tertiary/aromatic N) is 2. The first-order valence-corrected chi connectivity index (χ1v) is 7.05. The Hall–Kier alpha value is -1.78. The first-order chi connectivity index (χ1) is 9.88. The number of anilines is 2. The van der Waals surface area contributed by atoms with Gasteiger partial charge in [-0.2, -0.15) is 0 Å². The maximum absolute atomic E-state index is 12.2. The van der Waals surface area contributed by atoms with Crippen LogP contribution in [0.2, 0.25) is 10.2 Å². The number of nitrogens with one attached hydrogen (secondary N) is 1. The van der Waals surface area contributed by atoms with Gasteiger partial charge in [-0.3, -0.25) is 4.79 Å². The molecule has 0 aliphatic carbocycles. The quantitative estimate of drug-likeness (QED) is 0.868. The number of halogens is 2. The SMILES string of the molecule is Cc1ccc(NC(=O)c2nc(Cl)ccc2Cl)cc1N(C)C. The molecule has 0 aliphatic rings. The molecule has 0 aliphatic heterocycles. The molecule has 2 rings (SSSR count). The fraction of sp³-hybridized carbons (Fsp3) is 0.200. The van der Waals surface area contributed by atoms with E-state index >= 15 is 0 Å². The summed E-state index contributed by atoms with van der Waals surface area (Å²) in [5, 5.41) is 3.26. The van der Waals surface area contributed by atoms with E-state index in [0.29, 0.717) is 5.69 Å². The van der Waals surface area contributed by atoms with Crippen LogP contribution < -0.4 is 10.2 Å². The van der Waals surface area contributed by atoms with Gasteiger partial charge in [0.15, 0.2) is 0 Å². The van der Waals surface area contributed by atoms with Crippen molar-refractivity contribution in [2.24, 2.45) is 0 Å². The van der Waals surface area contributed by atoms with Crippen molar-refractivity contribution in [3.63, 3.8) is 0 Å². The number of hydrogen-bond acceptors (Lipinski definition) is 3. The van der Waals surface area contributed by atoms with Crippen LogP contribution in [0.5, 0.6) is 0 Å². The largest absolute Gasteiger partial charge is 0.377 e. The lowest BCUT2D eigenvalue weighted by atomic mass is 10.1. The number of amides is 1. The zero-order valence-electron chi connectivity index (χ0n) is 11.9. The minimum absolute atomic E-state index is 0.108. The standard InChI is InChI=1S/C15H15Cl2N3O/c1-9-4-5-10(8-12(9)20(2)3)18-15(21)14-11(16)6-7-13(17)19-14/h4-8H,1-3H3,(H,18,21). The third-order valence-electron chi connectivity index (χ3n) is 2.98. The van der Waals surface area contributed by atoms with E-state index in [9.17, 15) is 4.79 Å². The molecule has 0 radical (unpaired) electrons. The number of carbonyl (C=O) groups excluding carboxylic acids is 1. The minimum atomic E-state index is -0.393. The summed E-state index contributed by atoms with van der Waals surface area (Å²) in [6.45, 7) is 2.01. The second-order valence-corrected chi connectivity index (χ2v) is 5.61. The summed E-state index contributed by atoms with van der Waals surface area (Å²) in [5.41, 5.74) is 2.93. The van der Waals surface area contributed by atoms with E-state index in [-0.39, 0.29) is 15.9 Å². The third-order valence-corrected chi connectivity index (χ3v) is 3.49. The highest BCUT2D eigenvalue weighted by molar-refractivity contribution is 6.35. The number of carbonyl (C=O) groups is 1. The molecule has 1 heterocycles. The van der Waals surface area contributed by atoms with Crippen LogP contribution in [-0.4, -0.2) is 25.0 Å². The predicted molar refractivity (Wildman–Crippen MR) is 87.7 cm³/mol. The van der Waals surface area contributed by atoms with Gasteiger partial charge in [0.2, 0.25) is 0 Å². The van der Waals surface area contributed by atoms with E-state index < -0.39 is 5.91 Å². The molecule has 1 aromatic heterocycles. The van der Waals surface area contributed by atoms with Crippen LogP contribution in [0.4, 0.5) is 11.4 Å². The van der Waals surface area contributed by atoms with Crippen LogP contribution in [0.1, 0.15) is 16.1 Å². The molecule has 0 saturated carbocycles. The Labute approximate surface area is 133 Å². The van der Waals surface area contributed by atoms with Gasteiger partial charge < -0.3 is 10.2 Å². The summed E-state index contributed by atoms with van der Waals surface area (Å²) in [6.07, 6.45) is 0. The van der Waals surface area contributed by atoms with Crippen molar-refractivity contribution in [1.29, 1.82) is 0 Å². The highest BCUT2D eigenvalue weighted by Crippen LogP contribution is 2.24. The van der Waals surface area contributed by atoms with E-state index in [1.165, 1.54) is 6.07 Å². The van der Waals surface area contributed by atoms with Crippen LogP contribution in [-0.2, 0) is 0 Å². The van der Waals surface area contributed by atoms with Crippen LogP contribution in [0.15, 0.2) is 30.3 Å². The van der Waals surface area contributed by atoms with Crippen LogP contribution in [0.3, 0.4) is 0 Å². The molecule has 0 atom stereocenters. The lowest BCUT2D eigenvalue weighted by Gasteiger charge is -2.17. The van der Waals surface area contributed by atoms with Gasteiger partial charge in [-0.05, 0) is 36.8 Å². The van der Waals surface area contributed by atoms with Crippen molar-refractivity contribution in [3.05, 3.63) is 51.8 Å². The predicted octanol–water partition coefficient (Wildman–Crippen LogP) is 4.02. The summed E-state index contributed by atoms with van der Waals surface area (Å²) in [6, 6.07) is 8.76. The van der Waals surface area contributed by atoms with Gasteiger partial charge in [-0.1, -0.05) is 29.3 Å². The molecule has 1 amide bonds. The Morgan fingerprint density at radius 1 is 1.19 bits per heavy atom. The van der Waals surface area contributed by atoms with Crippen molar-refractivity contribution in [2.45, 2.75) is 6.92 Å². The van der Waals surface area contributed by atoms with E-state index in [4.69, 9.17) is 23.2 Å². The molecule has 6 heteroatoms. The van der Waals surface area contributed by atoms with Gasteiger partial charge in [0, 0.05) is 25.5 Å². The van der Waals surface area contributed by atoms with Gasteiger partial charge >= 0.3 is 0 Å². The number of pyridine rings is 1. The molecule has 0 unspecified atom stereocenters. The summed E-state index contributed by atoms with van der Waals surface area (Å²) in [4.78, 5) is 18.2. The molecule has 1 aromatic carbocycles. The van der Waals surface area contributed by atoms with Crippen LogP contribution in [0.25, 0.3) is 0 Å². The fourth-order valence-corrected chi connectivity index (χ4v) is 2.28. The normalized spacial score (nSPS) is 10.3. The summed E-state index contributed by atoms with van der Waals surface area (Å²) >= 11 is 11.8. The third kappa shape index (κ3) is 3.65. The summed E-state index contributed by atoms with van der Waals surface area (Å²) in [7, 11) is 3.90. The highest BCUT2D eigenvalue weighted by Gasteiger charge is 2.14. The molecule has 21 heavy (non-hydrogen) atoms. The maximum Gasteiger partial charge on any atom is 0.275 e. The van der Waals surface area contributed by atoms with Gasteiger partial charge in [0.25, 0.3) is 5.91 Å². The number of rotatable bonds is 3. The van der Waals surface area contributed by atoms with Crippen LogP contribution in [0, 0.1) is 6.92 Å². The fourth-order valence-electron chi connectivity index (χ4n) is 1.94. The topological polar surface area (TPSA) is 45.2 Å². The average molecular weight is 324 g/mol. The number of benzene rings is 1. The first-order valence-electron chi connectivity index (χ1n) is 6.30. The second kappa shape index (κ2) is 6.33. The number of aryl methyl sites for hydroxylation is 1. The molecule has 0 fully saturated rings. The average Bonchev–Trinajstić information content (AvgIpc) is 2.43. The lowest BCUT2D eigenvalue weighted by Crippen LogP contribution is -2.16. The van der Waals surface area contributed by atoms with Crippen LogP contribution >= 0.6 is 23.2 Å². The monoisotopic (exact) mass is 323 g/mol. The van der Waals surface area contributed by atoms with Gasteiger partial charge in [0.1, 0.15) is 10.8 Å². The van der Waals surface area contributed by atoms with E-state index in [2.05, 4.69) is 10.3 Å². The zero-order chi connectivity index (χ0) is 15.6. The smallest absolute Gasteiger partial charge is 0.275 e. The molecule has 2 aromatic rings. The molecule has 0 saturated heterocycles. The Morgan fingerprint density at radius 2 is 1.90 bits per heavy atom. The molecule has 4 nitrogen and oxygen atoms in total. The lowest BCUT2D eigenvalue weighted by molar-refractivity contribution is 0.102. The number of hydrogen-bond donors (Lipinski definition) is 1. The second-order valence-electron chi connectivity index (χ2n) is 4.81. The minimum Gasteiger partial charge on any atom is -0.377 e. The Balaban J connectivity index is 2.27. The van der Waals surface area contributed by atoms with E-state index in [1.807, 2.05) is 44.1 Å². The van der Waals surface area contributed by atoms with Crippen molar-refractivity contribution in [2.75, 3.05) is 24.3 Å². The summed E-state index contributed by atoms with van der Waals surface area (Å²) < 4.78 is 0.